The summed E-state index contributed by atoms with van der Waals surface area (Å²) in [6.45, 7) is 3.66. The molecule has 2 N–H and O–H groups in total. The van der Waals surface area contributed by atoms with Gasteiger partial charge in [0.2, 0.25) is 15.9 Å². The third kappa shape index (κ3) is 4.72. The van der Waals surface area contributed by atoms with Gasteiger partial charge in [-0.25, -0.2) is 8.42 Å². The molecule has 0 fully saturated rings. The number of nitrogens with one attached hydrogen (secondary N) is 2. The van der Waals surface area contributed by atoms with E-state index in [2.05, 4.69) is 20.2 Å². The Balaban J connectivity index is 1.72. The van der Waals surface area contributed by atoms with Crippen LogP contribution < -0.4 is 14.8 Å². The largest absolute Gasteiger partial charge is 0.497 e. The Kier molecular flexibility index (Phi) is 6.14. The second-order valence-electron chi connectivity index (χ2n) is 6.78. The van der Waals surface area contributed by atoms with Crippen molar-refractivity contribution in [3.8, 4) is 5.75 Å². The van der Waals surface area contributed by atoms with Crippen molar-refractivity contribution in [2.75, 3.05) is 7.11 Å². The second-order valence-corrected chi connectivity index (χ2v) is 8.50. The number of rotatable bonds is 8. The van der Waals surface area contributed by atoms with E-state index in [1.54, 1.807) is 42.6 Å². The Hall–Kier alpha value is -2.98. The lowest BCUT2D eigenvalue weighted by Gasteiger charge is -2.21. The standard InChI is InChI=1S/C19H23N5O4S/c1-13(2)18(23-29(26,27)15-9-7-14(28-3)8-10-15)19(25)20-12-17-22-21-16-6-4-5-11-24(16)17/h4-11,13,18,23H,12H2,1-3H3,(H,20,25)/t18-/m0/s1. The van der Waals surface area contributed by atoms with Crippen LogP contribution in [-0.2, 0) is 21.4 Å². The van der Waals surface area contributed by atoms with E-state index in [4.69, 9.17) is 4.74 Å². The van der Waals surface area contributed by atoms with Crippen molar-refractivity contribution in [1.82, 2.24) is 24.6 Å². The number of fused-ring (bicyclic) bond motifs is 1. The van der Waals surface area contributed by atoms with Crippen LogP contribution in [0, 0.1) is 5.92 Å². The van der Waals surface area contributed by atoms with Crippen molar-refractivity contribution in [3.05, 3.63) is 54.5 Å². The molecule has 29 heavy (non-hydrogen) atoms. The predicted octanol–water partition coefficient (Wildman–Crippen LogP) is 1.36. The zero-order valence-electron chi connectivity index (χ0n) is 16.4. The number of methoxy groups -OCH3 is 1. The Morgan fingerprint density at radius 1 is 1.14 bits per heavy atom. The Labute approximate surface area is 169 Å². The molecule has 10 heteroatoms. The number of carbonyl (C=O) groups excluding carboxylic acids is 1. The number of nitrogens with zero attached hydrogens (tertiary/aromatic N) is 3. The van der Waals surface area contributed by atoms with Crippen LogP contribution >= 0.6 is 0 Å². The fraction of sp³-hybridized carbons (Fsp3) is 0.316. The van der Waals surface area contributed by atoms with Gasteiger partial charge in [-0.05, 0) is 42.3 Å². The highest BCUT2D eigenvalue weighted by atomic mass is 32.2. The number of sulfonamides is 1. The number of aromatic nitrogens is 3. The number of benzene rings is 1. The van der Waals surface area contributed by atoms with Gasteiger partial charge in [0.05, 0.1) is 18.6 Å². The number of amides is 1. The minimum atomic E-state index is -3.88. The number of pyridine rings is 1. The molecular formula is C19H23N5O4S. The van der Waals surface area contributed by atoms with Crippen molar-refractivity contribution in [3.63, 3.8) is 0 Å². The Morgan fingerprint density at radius 3 is 2.52 bits per heavy atom. The number of ether oxygens (including phenoxy) is 1. The summed E-state index contributed by atoms with van der Waals surface area (Å²) in [5.74, 6) is 0.389. The summed E-state index contributed by atoms with van der Waals surface area (Å²) in [5, 5.41) is 10.8. The maximum absolute atomic E-state index is 12.7. The average molecular weight is 417 g/mol. The van der Waals surface area contributed by atoms with Gasteiger partial charge in [-0.1, -0.05) is 19.9 Å². The first kappa shape index (κ1) is 20.7. The van der Waals surface area contributed by atoms with Crippen LogP contribution in [0.25, 0.3) is 5.65 Å². The molecule has 9 nitrogen and oxygen atoms in total. The van der Waals surface area contributed by atoms with Gasteiger partial charge in [0, 0.05) is 6.20 Å². The van der Waals surface area contributed by atoms with Gasteiger partial charge >= 0.3 is 0 Å². The third-order valence-corrected chi connectivity index (χ3v) is 5.86. The van der Waals surface area contributed by atoms with E-state index >= 15 is 0 Å². The molecule has 1 atom stereocenters. The summed E-state index contributed by atoms with van der Waals surface area (Å²) >= 11 is 0. The molecule has 3 rings (SSSR count). The van der Waals surface area contributed by atoms with E-state index in [1.807, 2.05) is 12.1 Å². The summed E-state index contributed by atoms with van der Waals surface area (Å²) in [6.07, 6.45) is 1.79. The molecule has 0 unspecified atom stereocenters. The van der Waals surface area contributed by atoms with Crippen LogP contribution in [0.1, 0.15) is 19.7 Å². The fourth-order valence-electron chi connectivity index (χ4n) is 2.77. The van der Waals surface area contributed by atoms with Gasteiger partial charge in [-0.15, -0.1) is 10.2 Å². The Bertz CT molecular complexity index is 1090. The molecule has 0 saturated heterocycles. The molecule has 154 valence electrons. The highest BCUT2D eigenvalue weighted by Crippen LogP contribution is 2.17. The maximum Gasteiger partial charge on any atom is 0.241 e. The van der Waals surface area contributed by atoms with Gasteiger partial charge < -0.3 is 10.1 Å². The summed E-state index contributed by atoms with van der Waals surface area (Å²) in [5.41, 5.74) is 0.664. The molecule has 0 aliphatic heterocycles. The monoisotopic (exact) mass is 417 g/mol. The molecule has 0 aliphatic carbocycles. The van der Waals surface area contributed by atoms with Crippen molar-refractivity contribution in [1.29, 1.82) is 0 Å². The van der Waals surface area contributed by atoms with E-state index in [0.29, 0.717) is 17.2 Å². The van der Waals surface area contributed by atoms with Crippen LogP contribution in [0.2, 0.25) is 0 Å². The predicted molar refractivity (Wildman–Crippen MR) is 107 cm³/mol. The van der Waals surface area contributed by atoms with Crippen molar-refractivity contribution >= 4 is 21.6 Å². The van der Waals surface area contributed by atoms with Crippen molar-refractivity contribution in [2.24, 2.45) is 5.92 Å². The Morgan fingerprint density at radius 2 is 1.86 bits per heavy atom. The van der Waals surface area contributed by atoms with Crippen LogP contribution in [0.3, 0.4) is 0 Å². The van der Waals surface area contributed by atoms with Crippen LogP contribution in [-0.4, -0.2) is 42.1 Å². The minimum Gasteiger partial charge on any atom is -0.497 e. The summed E-state index contributed by atoms with van der Waals surface area (Å²) in [7, 11) is -2.38. The van der Waals surface area contributed by atoms with E-state index in [-0.39, 0.29) is 17.4 Å². The summed E-state index contributed by atoms with van der Waals surface area (Å²) in [6, 6.07) is 10.5. The van der Waals surface area contributed by atoms with Gasteiger partial charge in [-0.2, -0.15) is 4.72 Å². The summed E-state index contributed by atoms with van der Waals surface area (Å²) < 4.78 is 34.7. The molecular weight excluding hydrogens is 394 g/mol. The van der Waals surface area contributed by atoms with Crippen molar-refractivity contribution in [2.45, 2.75) is 31.3 Å². The average Bonchev–Trinajstić information content (AvgIpc) is 3.13. The highest BCUT2D eigenvalue weighted by Gasteiger charge is 2.28. The molecule has 0 radical (unpaired) electrons. The van der Waals surface area contributed by atoms with E-state index in [9.17, 15) is 13.2 Å². The zero-order valence-corrected chi connectivity index (χ0v) is 17.2. The number of hydrogen-bond acceptors (Lipinski definition) is 6. The smallest absolute Gasteiger partial charge is 0.241 e. The first-order chi connectivity index (χ1) is 13.8. The molecule has 1 aromatic carbocycles. The number of hydrogen-bond donors (Lipinski definition) is 2. The lowest BCUT2D eigenvalue weighted by Crippen LogP contribution is -2.49. The van der Waals surface area contributed by atoms with Crippen molar-refractivity contribution < 1.29 is 17.9 Å². The van der Waals surface area contributed by atoms with E-state index in [0.717, 1.165) is 0 Å². The maximum atomic E-state index is 12.7. The first-order valence-electron chi connectivity index (χ1n) is 9.04. The molecule has 0 spiro atoms. The fourth-order valence-corrected chi connectivity index (χ4v) is 4.11. The zero-order chi connectivity index (χ0) is 21.0. The minimum absolute atomic E-state index is 0.0557. The van der Waals surface area contributed by atoms with E-state index < -0.39 is 22.0 Å². The molecule has 0 saturated carbocycles. The normalized spacial score (nSPS) is 12.8. The quantitative estimate of drug-likeness (QED) is 0.572. The van der Waals surface area contributed by atoms with E-state index in [1.165, 1.54) is 19.2 Å². The van der Waals surface area contributed by atoms with Gasteiger partial charge in [0.25, 0.3) is 0 Å². The molecule has 0 bridgehead atoms. The third-order valence-electron chi connectivity index (χ3n) is 4.41. The molecule has 2 heterocycles. The van der Waals surface area contributed by atoms with Crippen LogP contribution in [0.15, 0.2) is 53.6 Å². The molecule has 0 aliphatic rings. The summed E-state index contributed by atoms with van der Waals surface area (Å²) in [4.78, 5) is 12.8. The number of carbonyl (C=O) groups is 1. The van der Waals surface area contributed by atoms with Gasteiger partial charge in [0.15, 0.2) is 11.5 Å². The van der Waals surface area contributed by atoms with Crippen LogP contribution in [0.5, 0.6) is 5.75 Å². The lowest BCUT2D eigenvalue weighted by atomic mass is 10.1. The van der Waals surface area contributed by atoms with Gasteiger partial charge in [-0.3, -0.25) is 9.20 Å². The molecule has 3 aromatic rings. The second kappa shape index (κ2) is 8.58. The highest BCUT2D eigenvalue weighted by molar-refractivity contribution is 7.89. The molecule has 1 amide bonds. The topological polar surface area (TPSA) is 115 Å². The van der Waals surface area contributed by atoms with Crippen LogP contribution in [0.4, 0.5) is 0 Å². The first-order valence-corrected chi connectivity index (χ1v) is 10.5. The SMILES string of the molecule is COc1ccc(S(=O)(=O)N[C@H](C(=O)NCc2nnc3ccccn23)C(C)C)cc1. The lowest BCUT2D eigenvalue weighted by molar-refractivity contribution is -0.123. The molecule has 2 aromatic heterocycles. The van der Waals surface area contributed by atoms with Gasteiger partial charge in [0.1, 0.15) is 11.8 Å².